The van der Waals surface area contributed by atoms with Gasteiger partial charge < -0.3 is 10.4 Å². The number of nitrogens with zero attached hydrogens (tertiary/aromatic N) is 2. The van der Waals surface area contributed by atoms with Crippen molar-refractivity contribution in [3.63, 3.8) is 0 Å². The van der Waals surface area contributed by atoms with E-state index in [-0.39, 0.29) is 5.91 Å². The fraction of sp³-hybridized carbons (Fsp3) is 0.333. The number of nitrogens with one attached hydrogen (secondary N) is 1. The van der Waals surface area contributed by atoms with Crippen LogP contribution in [0.1, 0.15) is 41.0 Å². The quantitative estimate of drug-likeness (QED) is 0.849. The first-order chi connectivity index (χ1) is 10.7. The van der Waals surface area contributed by atoms with E-state index >= 15 is 0 Å². The molecule has 0 aliphatic heterocycles. The van der Waals surface area contributed by atoms with Crippen molar-refractivity contribution in [3.05, 3.63) is 52.8 Å². The zero-order valence-corrected chi connectivity index (χ0v) is 13.8. The molecule has 1 aromatic carbocycles. The molecule has 1 heterocycles. The molecule has 0 fully saturated rings. The highest BCUT2D eigenvalue weighted by molar-refractivity contribution is 5.94. The molecule has 5 nitrogen and oxygen atoms in total. The van der Waals surface area contributed by atoms with Gasteiger partial charge in [-0.1, -0.05) is 17.9 Å². The molecule has 0 aliphatic carbocycles. The minimum atomic E-state index is -1.06. The van der Waals surface area contributed by atoms with Gasteiger partial charge in [0.05, 0.1) is 5.69 Å². The Hall–Kier alpha value is -2.58. The molecule has 1 amide bonds. The van der Waals surface area contributed by atoms with Crippen LogP contribution in [0.3, 0.4) is 0 Å². The number of rotatable bonds is 3. The first-order valence-corrected chi connectivity index (χ1v) is 7.37. The normalized spacial score (nSPS) is 10.8. The third kappa shape index (κ3) is 4.97. The summed E-state index contributed by atoms with van der Waals surface area (Å²) in [7, 11) is 1.85. The molecule has 0 saturated carbocycles. The lowest BCUT2D eigenvalue weighted by Gasteiger charge is -2.07. The number of benzene rings is 1. The van der Waals surface area contributed by atoms with Crippen LogP contribution in [0.25, 0.3) is 0 Å². The van der Waals surface area contributed by atoms with Crippen LogP contribution in [0.4, 0.5) is 0 Å². The molecule has 2 rings (SSSR count). The third-order valence-electron chi connectivity index (χ3n) is 3.19. The summed E-state index contributed by atoms with van der Waals surface area (Å²) < 4.78 is 1.73. The molecule has 0 atom stereocenters. The molecule has 0 radical (unpaired) electrons. The number of carbonyl (C=O) groups is 1. The van der Waals surface area contributed by atoms with E-state index in [0.29, 0.717) is 17.7 Å². The van der Waals surface area contributed by atoms with Crippen LogP contribution < -0.4 is 5.32 Å². The molecule has 120 valence electrons. The van der Waals surface area contributed by atoms with Gasteiger partial charge in [-0.25, -0.2) is 0 Å². The topological polar surface area (TPSA) is 67.2 Å². The fourth-order valence-corrected chi connectivity index (χ4v) is 2.06. The van der Waals surface area contributed by atoms with Crippen molar-refractivity contribution in [2.75, 3.05) is 0 Å². The fourth-order valence-electron chi connectivity index (χ4n) is 2.06. The van der Waals surface area contributed by atoms with Crippen LogP contribution in [-0.2, 0) is 13.6 Å². The van der Waals surface area contributed by atoms with Crippen LogP contribution in [-0.4, -0.2) is 26.4 Å². The van der Waals surface area contributed by atoms with Crippen LogP contribution in [0.15, 0.2) is 30.5 Å². The smallest absolute Gasteiger partial charge is 0.251 e. The van der Waals surface area contributed by atoms with E-state index in [0.717, 1.165) is 11.3 Å². The molecular weight excluding hydrogens is 290 g/mol. The molecule has 0 bridgehead atoms. The predicted octanol–water partition coefficient (Wildman–Crippen LogP) is 1.78. The van der Waals surface area contributed by atoms with Gasteiger partial charge in [0.1, 0.15) is 5.60 Å². The second-order valence-corrected chi connectivity index (χ2v) is 5.99. The summed E-state index contributed by atoms with van der Waals surface area (Å²) in [5, 5.41) is 16.8. The summed E-state index contributed by atoms with van der Waals surface area (Å²) in [6.45, 7) is 5.58. The van der Waals surface area contributed by atoms with E-state index in [4.69, 9.17) is 0 Å². The summed E-state index contributed by atoms with van der Waals surface area (Å²) in [5.74, 6) is 5.44. The highest BCUT2D eigenvalue weighted by Gasteiger charge is 2.09. The number of hydrogen-bond acceptors (Lipinski definition) is 3. The molecule has 23 heavy (non-hydrogen) atoms. The van der Waals surface area contributed by atoms with Gasteiger partial charge in [0, 0.05) is 36.5 Å². The van der Waals surface area contributed by atoms with Crippen LogP contribution >= 0.6 is 0 Å². The van der Waals surface area contributed by atoms with Crippen LogP contribution in [0.2, 0.25) is 0 Å². The van der Waals surface area contributed by atoms with E-state index in [1.165, 1.54) is 0 Å². The molecule has 0 spiro atoms. The number of carbonyl (C=O) groups excluding carboxylic acids is 1. The van der Waals surface area contributed by atoms with Gasteiger partial charge in [-0.3, -0.25) is 9.48 Å². The Balaban J connectivity index is 2.07. The van der Waals surface area contributed by atoms with Crippen molar-refractivity contribution in [1.82, 2.24) is 15.1 Å². The second kappa shape index (κ2) is 6.67. The van der Waals surface area contributed by atoms with Gasteiger partial charge in [0.25, 0.3) is 5.91 Å². The predicted molar refractivity (Wildman–Crippen MR) is 88.7 cm³/mol. The maximum atomic E-state index is 12.3. The van der Waals surface area contributed by atoms with Gasteiger partial charge in [0.15, 0.2) is 0 Å². The van der Waals surface area contributed by atoms with Gasteiger partial charge in [-0.15, -0.1) is 0 Å². The van der Waals surface area contributed by atoms with Gasteiger partial charge in [-0.2, -0.15) is 5.10 Å². The lowest BCUT2D eigenvalue weighted by Crippen LogP contribution is -2.23. The van der Waals surface area contributed by atoms with Crippen molar-refractivity contribution >= 4 is 5.91 Å². The summed E-state index contributed by atoms with van der Waals surface area (Å²) in [4.78, 5) is 12.3. The summed E-state index contributed by atoms with van der Waals surface area (Å²) in [6, 6.07) is 7.03. The lowest BCUT2D eigenvalue weighted by molar-refractivity contribution is 0.0950. The number of hydrogen-bond donors (Lipinski definition) is 2. The Morgan fingerprint density at radius 2 is 2.17 bits per heavy atom. The average Bonchev–Trinajstić information content (AvgIpc) is 2.80. The standard InChI is InChI=1S/C18H21N3O2/c1-13-16(12-21(4)20-13)11-19-17(22)15-7-5-6-14(10-15)8-9-18(2,3)23/h5-7,10,12,23H,11H2,1-4H3,(H,19,22). The average molecular weight is 311 g/mol. The molecular formula is C18H21N3O2. The highest BCUT2D eigenvalue weighted by atomic mass is 16.3. The van der Waals surface area contributed by atoms with Crippen LogP contribution in [0, 0.1) is 18.8 Å². The summed E-state index contributed by atoms with van der Waals surface area (Å²) in [5.41, 5.74) is 2.05. The number of amides is 1. The first kappa shape index (κ1) is 16.8. The molecule has 2 aromatic rings. The molecule has 5 heteroatoms. The Labute approximate surface area is 136 Å². The Bertz CT molecular complexity index is 774. The zero-order chi connectivity index (χ0) is 17.0. The van der Waals surface area contributed by atoms with E-state index in [1.807, 2.05) is 20.2 Å². The van der Waals surface area contributed by atoms with Crippen molar-refractivity contribution in [2.45, 2.75) is 32.9 Å². The largest absolute Gasteiger partial charge is 0.378 e. The monoisotopic (exact) mass is 311 g/mol. The van der Waals surface area contributed by atoms with Gasteiger partial charge >= 0.3 is 0 Å². The SMILES string of the molecule is Cc1nn(C)cc1CNC(=O)c1cccc(C#CC(C)(C)O)c1. The number of aliphatic hydroxyl groups is 1. The second-order valence-electron chi connectivity index (χ2n) is 5.99. The lowest BCUT2D eigenvalue weighted by atomic mass is 10.1. The number of aryl methyl sites for hydroxylation is 2. The first-order valence-electron chi connectivity index (χ1n) is 7.37. The van der Waals surface area contributed by atoms with Gasteiger partial charge in [-0.05, 0) is 39.0 Å². The van der Waals surface area contributed by atoms with E-state index in [9.17, 15) is 9.90 Å². The minimum absolute atomic E-state index is 0.167. The molecule has 2 N–H and O–H groups in total. The van der Waals surface area contributed by atoms with Crippen LogP contribution in [0.5, 0.6) is 0 Å². The molecule has 0 saturated heterocycles. The van der Waals surface area contributed by atoms with Crippen molar-refractivity contribution in [2.24, 2.45) is 7.05 Å². The minimum Gasteiger partial charge on any atom is -0.378 e. The molecule has 0 aliphatic rings. The van der Waals surface area contributed by atoms with E-state index < -0.39 is 5.60 Å². The Kier molecular flexibility index (Phi) is 4.87. The van der Waals surface area contributed by atoms with Crippen molar-refractivity contribution in [3.8, 4) is 11.8 Å². The van der Waals surface area contributed by atoms with Crippen molar-refractivity contribution in [1.29, 1.82) is 0 Å². The maximum absolute atomic E-state index is 12.3. The summed E-state index contributed by atoms with van der Waals surface area (Å²) >= 11 is 0. The Morgan fingerprint density at radius 3 is 2.78 bits per heavy atom. The van der Waals surface area contributed by atoms with Gasteiger partial charge in [0.2, 0.25) is 0 Å². The number of aromatic nitrogens is 2. The zero-order valence-electron chi connectivity index (χ0n) is 13.8. The summed E-state index contributed by atoms with van der Waals surface area (Å²) in [6.07, 6.45) is 1.89. The third-order valence-corrected chi connectivity index (χ3v) is 3.19. The highest BCUT2D eigenvalue weighted by Crippen LogP contribution is 2.08. The molecule has 1 aromatic heterocycles. The van der Waals surface area contributed by atoms with E-state index in [1.54, 1.807) is 42.8 Å². The molecule has 0 unspecified atom stereocenters. The van der Waals surface area contributed by atoms with E-state index in [2.05, 4.69) is 22.3 Å². The van der Waals surface area contributed by atoms with Crippen molar-refractivity contribution < 1.29 is 9.90 Å². The Morgan fingerprint density at radius 1 is 1.43 bits per heavy atom. The maximum Gasteiger partial charge on any atom is 0.251 e.